The van der Waals surface area contributed by atoms with Crippen molar-refractivity contribution in [2.45, 2.75) is 12.5 Å². The van der Waals surface area contributed by atoms with Crippen LogP contribution in [0.3, 0.4) is 0 Å². The van der Waals surface area contributed by atoms with Gasteiger partial charge in [-0.3, -0.25) is 0 Å². The highest BCUT2D eigenvalue weighted by molar-refractivity contribution is 5.48. The standard InChI is InChI=1S/C12H17FN2/c1-14(2)10-7-8-15(9-10)12-6-4-3-5-11(12)13/h3-6,10H,7-9H2,1-2H3/t10-/m1/s1. The normalized spacial score (nSPS) is 21.3. The zero-order valence-electron chi connectivity index (χ0n) is 9.28. The van der Waals surface area contributed by atoms with Crippen molar-refractivity contribution in [3.8, 4) is 0 Å². The predicted molar refractivity (Wildman–Crippen MR) is 60.7 cm³/mol. The minimum atomic E-state index is -0.114. The van der Waals surface area contributed by atoms with Gasteiger partial charge < -0.3 is 9.80 Å². The van der Waals surface area contributed by atoms with Crippen LogP contribution in [0.5, 0.6) is 0 Å². The largest absolute Gasteiger partial charge is 0.368 e. The molecule has 2 nitrogen and oxygen atoms in total. The topological polar surface area (TPSA) is 6.48 Å². The van der Waals surface area contributed by atoms with Crippen molar-refractivity contribution in [2.75, 3.05) is 32.1 Å². The first-order chi connectivity index (χ1) is 7.18. The smallest absolute Gasteiger partial charge is 0.146 e. The van der Waals surface area contributed by atoms with Crippen LogP contribution in [0.4, 0.5) is 10.1 Å². The summed E-state index contributed by atoms with van der Waals surface area (Å²) in [5.74, 6) is -0.114. The Kier molecular flexibility index (Phi) is 2.91. The van der Waals surface area contributed by atoms with Crippen molar-refractivity contribution >= 4 is 5.69 Å². The van der Waals surface area contributed by atoms with E-state index < -0.39 is 0 Å². The highest BCUT2D eigenvalue weighted by atomic mass is 19.1. The number of likely N-dealkylation sites (N-methyl/N-ethyl adjacent to an activating group) is 1. The van der Waals surface area contributed by atoms with Crippen LogP contribution < -0.4 is 4.90 Å². The van der Waals surface area contributed by atoms with Gasteiger partial charge in [-0.1, -0.05) is 12.1 Å². The Morgan fingerprint density at radius 1 is 1.33 bits per heavy atom. The Labute approximate surface area is 90.3 Å². The molecular weight excluding hydrogens is 191 g/mol. The minimum absolute atomic E-state index is 0.114. The lowest BCUT2D eigenvalue weighted by Crippen LogP contribution is -2.31. The van der Waals surface area contributed by atoms with Crippen LogP contribution in [0.1, 0.15) is 6.42 Å². The summed E-state index contributed by atoms with van der Waals surface area (Å²) in [6.45, 7) is 1.87. The van der Waals surface area contributed by atoms with Crippen molar-refractivity contribution < 1.29 is 4.39 Å². The molecule has 0 bridgehead atoms. The molecule has 1 fully saturated rings. The van der Waals surface area contributed by atoms with E-state index in [0.717, 1.165) is 25.2 Å². The Hall–Kier alpha value is -1.09. The molecule has 0 amide bonds. The summed E-state index contributed by atoms with van der Waals surface area (Å²) in [4.78, 5) is 4.33. The fraction of sp³-hybridized carbons (Fsp3) is 0.500. The Morgan fingerprint density at radius 2 is 2.07 bits per heavy atom. The Bertz CT molecular complexity index is 338. The molecular formula is C12H17FN2. The van der Waals surface area contributed by atoms with E-state index in [0.29, 0.717) is 6.04 Å². The molecule has 0 saturated carbocycles. The van der Waals surface area contributed by atoms with E-state index in [1.165, 1.54) is 6.07 Å². The number of halogens is 1. The lowest BCUT2D eigenvalue weighted by Gasteiger charge is -2.22. The van der Waals surface area contributed by atoms with Crippen molar-refractivity contribution in [3.05, 3.63) is 30.1 Å². The summed E-state index contributed by atoms with van der Waals surface area (Å²) in [5.41, 5.74) is 0.738. The van der Waals surface area contributed by atoms with Gasteiger partial charge in [0.2, 0.25) is 0 Å². The molecule has 3 heteroatoms. The average Bonchev–Trinajstić information content (AvgIpc) is 2.67. The van der Waals surface area contributed by atoms with Crippen LogP contribution >= 0.6 is 0 Å². The lowest BCUT2D eigenvalue weighted by atomic mass is 10.2. The molecule has 1 aliphatic rings. The van der Waals surface area contributed by atoms with Gasteiger partial charge in [-0.25, -0.2) is 4.39 Å². The van der Waals surface area contributed by atoms with E-state index in [9.17, 15) is 4.39 Å². The van der Waals surface area contributed by atoms with Gasteiger partial charge in [0, 0.05) is 19.1 Å². The summed E-state index contributed by atoms with van der Waals surface area (Å²) in [6.07, 6.45) is 1.11. The quantitative estimate of drug-likeness (QED) is 0.733. The van der Waals surface area contributed by atoms with Gasteiger partial charge in [-0.05, 0) is 32.6 Å². The van der Waals surface area contributed by atoms with Crippen molar-refractivity contribution in [1.29, 1.82) is 0 Å². The third kappa shape index (κ3) is 2.12. The predicted octanol–water partition coefficient (Wildman–Crippen LogP) is 1.97. The molecule has 0 radical (unpaired) electrons. The highest BCUT2D eigenvalue weighted by Gasteiger charge is 2.25. The maximum atomic E-state index is 13.5. The molecule has 0 spiro atoms. The maximum absolute atomic E-state index is 13.5. The monoisotopic (exact) mass is 208 g/mol. The molecule has 1 aromatic carbocycles. The van der Waals surface area contributed by atoms with Crippen LogP contribution in [0, 0.1) is 5.82 Å². The number of hydrogen-bond acceptors (Lipinski definition) is 2. The summed E-state index contributed by atoms with van der Waals surface area (Å²) < 4.78 is 13.5. The summed E-state index contributed by atoms with van der Waals surface area (Å²) >= 11 is 0. The Morgan fingerprint density at radius 3 is 2.67 bits per heavy atom. The third-order valence-corrected chi connectivity index (χ3v) is 3.09. The van der Waals surface area contributed by atoms with E-state index in [4.69, 9.17) is 0 Å². The Balaban J connectivity index is 2.11. The second kappa shape index (κ2) is 4.19. The zero-order valence-corrected chi connectivity index (χ0v) is 9.28. The van der Waals surface area contributed by atoms with Crippen LogP contribution in [-0.4, -0.2) is 38.1 Å². The van der Waals surface area contributed by atoms with Gasteiger partial charge >= 0.3 is 0 Å². The van der Waals surface area contributed by atoms with Gasteiger partial charge in [0.1, 0.15) is 5.82 Å². The lowest BCUT2D eigenvalue weighted by molar-refractivity contribution is 0.315. The summed E-state index contributed by atoms with van der Waals surface area (Å²) in [7, 11) is 4.16. The van der Waals surface area contributed by atoms with Crippen LogP contribution in [0.25, 0.3) is 0 Å². The highest BCUT2D eigenvalue weighted by Crippen LogP contribution is 2.24. The first kappa shape index (κ1) is 10.4. The summed E-state index contributed by atoms with van der Waals surface area (Å²) in [5, 5.41) is 0. The maximum Gasteiger partial charge on any atom is 0.146 e. The molecule has 1 heterocycles. The fourth-order valence-electron chi connectivity index (χ4n) is 2.09. The van der Waals surface area contributed by atoms with Crippen LogP contribution in [0.15, 0.2) is 24.3 Å². The average molecular weight is 208 g/mol. The molecule has 0 aromatic heterocycles. The molecule has 82 valence electrons. The third-order valence-electron chi connectivity index (χ3n) is 3.09. The van der Waals surface area contributed by atoms with E-state index in [1.54, 1.807) is 6.07 Å². The van der Waals surface area contributed by atoms with Gasteiger partial charge in [-0.2, -0.15) is 0 Å². The molecule has 1 atom stereocenters. The molecule has 1 aliphatic heterocycles. The van der Waals surface area contributed by atoms with Gasteiger partial charge in [-0.15, -0.1) is 0 Å². The molecule has 15 heavy (non-hydrogen) atoms. The summed E-state index contributed by atoms with van der Waals surface area (Å²) in [6, 6.07) is 7.55. The van der Waals surface area contributed by atoms with Crippen LogP contribution in [-0.2, 0) is 0 Å². The van der Waals surface area contributed by atoms with E-state index in [-0.39, 0.29) is 5.82 Å². The first-order valence-electron chi connectivity index (χ1n) is 5.34. The fourth-order valence-corrected chi connectivity index (χ4v) is 2.09. The second-order valence-electron chi connectivity index (χ2n) is 4.30. The minimum Gasteiger partial charge on any atom is -0.368 e. The number of hydrogen-bond donors (Lipinski definition) is 0. The van der Waals surface area contributed by atoms with Gasteiger partial charge in [0.15, 0.2) is 0 Å². The molecule has 1 saturated heterocycles. The van der Waals surface area contributed by atoms with Crippen molar-refractivity contribution in [2.24, 2.45) is 0 Å². The molecule has 0 unspecified atom stereocenters. The molecule has 0 N–H and O–H groups in total. The molecule has 1 aromatic rings. The molecule has 2 rings (SSSR count). The van der Waals surface area contributed by atoms with E-state index in [1.807, 2.05) is 12.1 Å². The van der Waals surface area contributed by atoms with Crippen molar-refractivity contribution in [1.82, 2.24) is 4.90 Å². The van der Waals surface area contributed by atoms with Crippen LogP contribution in [0.2, 0.25) is 0 Å². The zero-order chi connectivity index (χ0) is 10.8. The van der Waals surface area contributed by atoms with Gasteiger partial charge in [0.05, 0.1) is 5.69 Å². The number of anilines is 1. The molecule has 0 aliphatic carbocycles. The van der Waals surface area contributed by atoms with E-state index >= 15 is 0 Å². The SMILES string of the molecule is CN(C)[C@@H]1CCN(c2ccccc2F)C1. The van der Waals surface area contributed by atoms with E-state index in [2.05, 4.69) is 23.9 Å². The first-order valence-corrected chi connectivity index (χ1v) is 5.34. The second-order valence-corrected chi connectivity index (χ2v) is 4.30. The van der Waals surface area contributed by atoms with Gasteiger partial charge in [0.25, 0.3) is 0 Å². The number of benzene rings is 1. The van der Waals surface area contributed by atoms with Crippen molar-refractivity contribution in [3.63, 3.8) is 0 Å². The number of nitrogens with zero attached hydrogens (tertiary/aromatic N) is 2. The number of para-hydroxylation sites is 1. The number of rotatable bonds is 2.